The molecule has 0 radical (unpaired) electrons. The number of rotatable bonds is 3. The van der Waals surface area contributed by atoms with E-state index in [0.29, 0.717) is 12.1 Å². The van der Waals surface area contributed by atoms with E-state index in [-0.39, 0.29) is 9.92 Å². The first-order valence-corrected chi connectivity index (χ1v) is 6.63. The number of nitrogens with zero attached hydrogens (tertiary/aromatic N) is 2. The van der Waals surface area contributed by atoms with Gasteiger partial charge in [-0.2, -0.15) is 0 Å². The van der Waals surface area contributed by atoms with Crippen LogP contribution in [0, 0.1) is 10.1 Å². The van der Waals surface area contributed by atoms with Crippen LogP contribution in [0.2, 0.25) is 0 Å². The van der Waals surface area contributed by atoms with Crippen molar-refractivity contribution in [2.75, 3.05) is 13.1 Å². The van der Waals surface area contributed by atoms with Gasteiger partial charge in [0, 0.05) is 43.2 Å². The lowest BCUT2D eigenvalue weighted by molar-refractivity contribution is -0.380. The minimum Gasteiger partial charge on any atom is -0.309 e. The van der Waals surface area contributed by atoms with E-state index in [9.17, 15) is 10.1 Å². The lowest BCUT2D eigenvalue weighted by Crippen LogP contribution is -2.53. The molecule has 2 rings (SSSR count). The van der Waals surface area contributed by atoms with Gasteiger partial charge in [-0.3, -0.25) is 15.0 Å². The van der Waals surface area contributed by atoms with Gasteiger partial charge in [-0.25, -0.2) is 0 Å². The van der Waals surface area contributed by atoms with Crippen molar-refractivity contribution in [1.82, 2.24) is 10.2 Å². The number of nitro groups is 1. The van der Waals surface area contributed by atoms with E-state index in [1.165, 1.54) is 11.3 Å². The normalized spacial score (nSPS) is 26.0. The molecule has 1 aromatic heterocycles. The van der Waals surface area contributed by atoms with Gasteiger partial charge in [0.2, 0.25) is 0 Å². The Morgan fingerprint density at radius 2 is 2.18 bits per heavy atom. The van der Waals surface area contributed by atoms with Crippen LogP contribution in [-0.2, 0) is 6.54 Å². The fraction of sp³-hybridized carbons (Fsp3) is 0.636. The molecule has 1 aliphatic rings. The van der Waals surface area contributed by atoms with Gasteiger partial charge in [-0.05, 0) is 19.4 Å². The molecule has 0 bridgehead atoms. The average Bonchev–Trinajstić information content (AvgIpc) is 2.64. The van der Waals surface area contributed by atoms with Gasteiger partial charge in [0.25, 0.3) is 0 Å². The van der Waals surface area contributed by atoms with Gasteiger partial charge in [0.15, 0.2) is 0 Å². The maximum Gasteiger partial charge on any atom is 0.324 e. The van der Waals surface area contributed by atoms with Crippen molar-refractivity contribution in [3.8, 4) is 0 Å². The summed E-state index contributed by atoms with van der Waals surface area (Å²) in [5.41, 5.74) is 1.04. The molecule has 6 heteroatoms. The first kappa shape index (κ1) is 12.5. The Morgan fingerprint density at radius 3 is 2.71 bits per heavy atom. The molecule has 0 aromatic carbocycles. The van der Waals surface area contributed by atoms with E-state index in [2.05, 4.69) is 24.1 Å². The summed E-state index contributed by atoms with van der Waals surface area (Å²) < 4.78 is 0. The minimum absolute atomic E-state index is 0.233. The summed E-state index contributed by atoms with van der Waals surface area (Å²) in [4.78, 5) is 12.6. The zero-order valence-corrected chi connectivity index (χ0v) is 10.9. The Hall–Kier alpha value is -0.980. The predicted octanol–water partition coefficient (Wildman–Crippen LogP) is 1.84. The highest BCUT2D eigenvalue weighted by atomic mass is 32.1. The Morgan fingerprint density at radius 1 is 1.53 bits per heavy atom. The van der Waals surface area contributed by atoms with Crippen molar-refractivity contribution >= 4 is 16.3 Å². The molecule has 1 aromatic rings. The van der Waals surface area contributed by atoms with Crippen LogP contribution in [0.3, 0.4) is 0 Å². The van der Waals surface area contributed by atoms with Gasteiger partial charge in [-0.1, -0.05) is 11.3 Å². The second-order valence-corrected chi connectivity index (χ2v) is 5.60. The highest BCUT2D eigenvalue weighted by molar-refractivity contribution is 7.13. The standard InChI is InChI=1S/C11H17N3O2S/c1-8-4-13(5-9(2)12-8)6-10-3-11(14(15)16)17-7-10/h3,7-9,12H,4-6H2,1-2H3. The van der Waals surface area contributed by atoms with Crippen molar-refractivity contribution < 1.29 is 4.92 Å². The van der Waals surface area contributed by atoms with Gasteiger partial charge >= 0.3 is 5.00 Å². The molecule has 1 saturated heterocycles. The SMILES string of the molecule is CC1CN(Cc2csc([N+](=O)[O-])c2)CC(C)N1. The van der Waals surface area contributed by atoms with E-state index in [1.807, 2.05) is 5.38 Å². The van der Waals surface area contributed by atoms with Gasteiger partial charge < -0.3 is 5.32 Å². The predicted molar refractivity (Wildman–Crippen MR) is 68.3 cm³/mol. The van der Waals surface area contributed by atoms with Crippen LogP contribution in [0.1, 0.15) is 19.4 Å². The molecule has 1 fully saturated rings. The van der Waals surface area contributed by atoms with Crippen molar-refractivity contribution in [3.63, 3.8) is 0 Å². The van der Waals surface area contributed by atoms with Crippen LogP contribution in [-0.4, -0.2) is 35.0 Å². The zero-order chi connectivity index (χ0) is 12.4. The summed E-state index contributed by atoms with van der Waals surface area (Å²) in [6.07, 6.45) is 0. The summed E-state index contributed by atoms with van der Waals surface area (Å²) in [6.45, 7) is 7.13. The fourth-order valence-electron chi connectivity index (χ4n) is 2.37. The van der Waals surface area contributed by atoms with E-state index < -0.39 is 0 Å². The van der Waals surface area contributed by atoms with Crippen molar-refractivity contribution in [2.24, 2.45) is 0 Å². The number of hydrogen-bond acceptors (Lipinski definition) is 5. The lowest BCUT2D eigenvalue weighted by Gasteiger charge is -2.35. The molecule has 17 heavy (non-hydrogen) atoms. The molecule has 0 amide bonds. The molecular weight excluding hydrogens is 238 g/mol. The van der Waals surface area contributed by atoms with Crippen LogP contribution in [0.15, 0.2) is 11.4 Å². The average molecular weight is 255 g/mol. The van der Waals surface area contributed by atoms with Crippen molar-refractivity contribution in [2.45, 2.75) is 32.5 Å². The lowest BCUT2D eigenvalue weighted by atomic mass is 10.1. The van der Waals surface area contributed by atoms with Crippen LogP contribution < -0.4 is 5.32 Å². The third-order valence-corrected chi connectivity index (χ3v) is 3.79. The van der Waals surface area contributed by atoms with Crippen molar-refractivity contribution in [3.05, 3.63) is 27.1 Å². The number of piperazine rings is 1. The fourth-order valence-corrected chi connectivity index (χ4v) is 3.09. The topological polar surface area (TPSA) is 58.4 Å². The smallest absolute Gasteiger partial charge is 0.309 e. The Bertz CT molecular complexity index is 397. The van der Waals surface area contributed by atoms with Crippen LogP contribution >= 0.6 is 11.3 Å². The summed E-state index contributed by atoms with van der Waals surface area (Å²) in [6, 6.07) is 2.64. The second-order valence-electron chi connectivity index (χ2n) is 4.71. The summed E-state index contributed by atoms with van der Waals surface area (Å²) in [5, 5.41) is 16.2. The molecule has 0 spiro atoms. The Labute approximate surface area is 105 Å². The Balaban J connectivity index is 1.97. The van der Waals surface area contributed by atoms with E-state index >= 15 is 0 Å². The monoisotopic (exact) mass is 255 g/mol. The second kappa shape index (κ2) is 5.12. The van der Waals surface area contributed by atoms with Crippen LogP contribution in [0.4, 0.5) is 5.00 Å². The maximum atomic E-state index is 10.6. The first-order valence-electron chi connectivity index (χ1n) is 5.75. The molecule has 2 unspecified atom stereocenters. The van der Waals surface area contributed by atoms with Crippen LogP contribution in [0.5, 0.6) is 0 Å². The van der Waals surface area contributed by atoms with E-state index in [1.54, 1.807) is 6.07 Å². The number of hydrogen-bond donors (Lipinski definition) is 1. The molecule has 94 valence electrons. The Kier molecular flexibility index (Phi) is 3.76. The maximum absolute atomic E-state index is 10.6. The highest BCUT2D eigenvalue weighted by Gasteiger charge is 2.21. The third kappa shape index (κ3) is 3.24. The summed E-state index contributed by atoms with van der Waals surface area (Å²) in [7, 11) is 0. The molecule has 0 saturated carbocycles. The third-order valence-electron chi connectivity index (χ3n) is 2.86. The minimum atomic E-state index is -0.322. The van der Waals surface area contributed by atoms with Gasteiger partial charge in [0.1, 0.15) is 0 Å². The summed E-state index contributed by atoms with van der Waals surface area (Å²) in [5.74, 6) is 0. The highest BCUT2D eigenvalue weighted by Crippen LogP contribution is 2.24. The van der Waals surface area contributed by atoms with E-state index in [4.69, 9.17) is 0 Å². The molecular formula is C11H17N3O2S. The van der Waals surface area contributed by atoms with Crippen LogP contribution in [0.25, 0.3) is 0 Å². The largest absolute Gasteiger partial charge is 0.324 e. The molecule has 1 aliphatic heterocycles. The van der Waals surface area contributed by atoms with E-state index in [0.717, 1.165) is 25.2 Å². The first-order chi connectivity index (χ1) is 8.04. The molecule has 2 heterocycles. The number of nitrogens with one attached hydrogen (secondary N) is 1. The zero-order valence-electron chi connectivity index (χ0n) is 10.0. The molecule has 2 atom stereocenters. The summed E-state index contributed by atoms with van der Waals surface area (Å²) >= 11 is 1.21. The quantitative estimate of drug-likeness (QED) is 0.661. The number of thiophene rings is 1. The molecule has 5 nitrogen and oxygen atoms in total. The van der Waals surface area contributed by atoms with Crippen molar-refractivity contribution in [1.29, 1.82) is 0 Å². The van der Waals surface area contributed by atoms with Gasteiger partial charge in [-0.15, -0.1) is 0 Å². The molecule has 0 aliphatic carbocycles. The van der Waals surface area contributed by atoms with Gasteiger partial charge in [0.05, 0.1) is 4.92 Å². The molecule has 1 N–H and O–H groups in total.